The largest absolute Gasteiger partial charge is 0.501 e. The molecule has 4 aromatic rings. The number of halogens is 3. The van der Waals surface area contributed by atoms with Crippen molar-refractivity contribution in [3.8, 4) is 10.6 Å². The number of nitrogens with zero attached hydrogens (tertiary/aromatic N) is 4. The molecule has 1 saturated heterocycles. The first-order valence-corrected chi connectivity index (χ1v) is 13.1. The van der Waals surface area contributed by atoms with E-state index in [1.54, 1.807) is 29.8 Å². The third kappa shape index (κ3) is 4.80. The summed E-state index contributed by atoms with van der Waals surface area (Å²) in [7, 11) is -5.38. The molecular formula is C23H20F3N5O2S2. The second-order valence-electron chi connectivity index (χ2n) is 8.14. The van der Waals surface area contributed by atoms with Gasteiger partial charge in [-0.3, -0.25) is 0 Å². The van der Waals surface area contributed by atoms with Gasteiger partial charge in [0.2, 0.25) is 5.95 Å². The van der Waals surface area contributed by atoms with Crippen LogP contribution in [0.5, 0.6) is 0 Å². The lowest BCUT2D eigenvalue weighted by Crippen LogP contribution is -2.40. The van der Waals surface area contributed by atoms with E-state index in [1.165, 1.54) is 6.07 Å². The Morgan fingerprint density at radius 3 is 2.40 bits per heavy atom. The number of para-hydroxylation sites is 1. The molecule has 0 bridgehead atoms. The quantitative estimate of drug-likeness (QED) is 0.391. The number of fused-ring (bicyclic) bond motifs is 1. The van der Waals surface area contributed by atoms with Gasteiger partial charge in [0.25, 0.3) is 9.84 Å². The van der Waals surface area contributed by atoms with Gasteiger partial charge in [0.1, 0.15) is 5.01 Å². The van der Waals surface area contributed by atoms with Gasteiger partial charge in [0.05, 0.1) is 15.1 Å². The molecule has 2 aromatic carbocycles. The summed E-state index contributed by atoms with van der Waals surface area (Å²) in [6, 6.07) is 12.7. The fourth-order valence-electron chi connectivity index (χ4n) is 3.94. The number of thiazole rings is 1. The van der Waals surface area contributed by atoms with Crippen LogP contribution in [0.1, 0.15) is 12.8 Å². The van der Waals surface area contributed by atoms with Crippen molar-refractivity contribution in [1.82, 2.24) is 15.0 Å². The van der Waals surface area contributed by atoms with Crippen LogP contribution in [0, 0.1) is 0 Å². The fourth-order valence-corrected chi connectivity index (χ4v) is 5.68. The third-order valence-corrected chi connectivity index (χ3v) is 8.35. The second-order valence-corrected chi connectivity index (χ2v) is 11.1. The van der Waals surface area contributed by atoms with Crippen LogP contribution in [0.2, 0.25) is 0 Å². The Morgan fingerprint density at radius 2 is 1.71 bits per heavy atom. The third-order valence-electron chi connectivity index (χ3n) is 5.78. The highest BCUT2D eigenvalue weighted by atomic mass is 32.2. The number of piperidine rings is 1. The summed E-state index contributed by atoms with van der Waals surface area (Å²) in [5.41, 5.74) is -3.21. The first-order valence-electron chi connectivity index (χ1n) is 10.8. The summed E-state index contributed by atoms with van der Waals surface area (Å²) in [4.78, 5) is 14.9. The Bertz CT molecular complexity index is 1420. The lowest BCUT2D eigenvalue weighted by molar-refractivity contribution is -0.0435. The number of hydrogen-bond acceptors (Lipinski definition) is 8. The molecule has 5 rings (SSSR count). The van der Waals surface area contributed by atoms with Gasteiger partial charge in [-0.1, -0.05) is 18.2 Å². The molecule has 0 unspecified atom stereocenters. The van der Waals surface area contributed by atoms with Crippen molar-refractivity contribution in [2.24, 2.45) is 0 Å². The Hall–Kier alpha value is -3.25. The topological polar surface area (TPSA) is 88.1 Å². The predicted molar refractivity (Wildman–Crippen MR) is 129 cm³/mol. The molecule has 0 spiro atoms. The highest BCUT2D eigenvalue weighted by Crippen LogP contribution is 2.32. The molecule has 35 heavy (non-hydrogen) atoms. The van der Waals surface area contributed by atoms with E-state index < -0.39 is 20.2 Å². The van der Waals surface area contributed by atoms with E-state index in [-0.39, 0.29) is 6.04 Å². The molecular weight excluding hydrogens is 499 g/mol. The Morgan fingerprint density at radius 1 is 1.00 bits per heavy atom. The number of anilines is 2. The van der Waals surface area contributed by atoms with Crippen molar-refractivity contribution in [3.63, 3.8) is 0 Å². The summed E-state index contributed by atoms with van der Waals surface area (Å²) in [5, 5.41) is 4.01. The molecule has 0 saturated carbocycles. The van der Waals surface area contributed by atoms with E-state index in [2.05, 4.69) is 20.3 Å². The summed E-state index contributed by atoms with van der Waals surface area (Å²) < 4.78 is 63.0. The SMILES string of the molecule is O=S(=O)(c1cccc(NC2CCN(c3ncc(-c4nc5ccccc5s4)cn3)CC2)c1)C(F)(F)F. The molecule has 2 aromatic heterocycles. The number of aromatic nitrogens is 3. The van der Waals surface area contributed by atoms with Crippen molar-refractivity contribution in [3.05, 3.63) is 60.9 Å². The number of nitrogens with one attached hydrogen (secondary N) is 1. The summed E-state index contributed by atoms with van der Waals surface area (Å²) in [6.07, 6.45) is 4.91. The van der Waals surface area contributed by atoms with Crippen LogP contribution in [0.3, 0.4) is 0 Å². The highest BCUT2D eigenvalue weighted by Gasteiger charge is 2.46. The van der Waals surface area contributed by atoms with Crippen LogP contribution in [0.25, 0.3) is 20.8 Å². The standard InChI is InChI=1S/C23H20F3N5O2S2/c24-23(25,26)35(32,33)18-5-3-4-17(12-18)29-16-8-10-31(11-9-16)22-27-13-15(14-28-22)21-30-19-6-1-2-7-20(19)34-21/h1-7,12-14,16,29H,8-11H2. The second kappa shape index (κ2) is 9.08. The number of sulfone groups is 1. The van der Waals surface area contributed by atoms with Gasteiger partial charge in [-0.05, 0) is 43.2 Å². The zero-order valence-electron chi connectivity index (χ0n) is 18.2. The van der Waals surface area contributed by atoms with Crippen molar-refractivity contribution in [2.45, 2.75) is 29.3 Å². The van der Waals surface area contributed by atoms with Gasteiger partial charge < -0.3 is 10.2 Å². The number of benzene rings is 2. The minimum Gasteiger partial charge on any atom is -0.382 e. The van der Waals surface area contributed by atoms with Crippen molar-refractivity contribution in [1.29, 1.82) is 0 Å². The van der Waals surface area contributed by atoms with Crippen LogP contribution in [-0.4, -0.2) is 48.0 Å². The summed E-state index contributed by atoms with van der Waals surface area (Å²) >= 11 is 1.58. The molecule has 0 radical (unpaired) electrons. The van der Waals surface area contributed by atoms with Crippen LogP contribution in [-0.2, 0) is 9.84 Å². The van der Waals surface area contributed by atoms with Gasteiger partial charge in [-0.2, -0.15) is 13.2 Å². The molecule has 12 heteroatoms. The number of alkyl halides is 3. The van der Waals surface area contributed by atoms with E-state index in [1.807, 2.05) is 29.2 Å². The molecule has 1 aliphatic rings. The average molecular weight is 520 g/mol. The maximum absolute atomic E-state index is 12.9. The number of rotatable bonds is 5. The van der Waals surface area contributed by atoms with E-state index in [9.17, 15) is 21.6 Å². The summed E-state index contributed by atoms with van der Waals surface area (Å²) in [6.45, 7) is 1.30. The van der Waals surface area contributed by atoms with E-state index in [0.29, 0.717) is 37.6 Å². The maximum atomic E-state index is 12.9. The van der Waals surface area contributed by atoms with Crippen molar-refractivity contribution >= 4 is 43.0 Å². The monoisotopic (exact) mass is 519 g/mol. The van der Waals surface area contributed by atoms with Crippen molar-refractivity contribution in [2.75, 3.05) is 23.3 Å². The lowest BCUT2D eigenvalue weighted by Gasteiger charge is -2.33. The van der Waals surface area contributed by atoms with Gasteiger partial charge in [0.15, 0.2) is 0 Å². The normalized spacial score (nSPS) is 15.5. The van der Waals surface area contributed by atoms with Gasteiger partial charge in [-0.25, -0.2) is 23.4 Å². The molecule has 0 atom stereocenters. The molecule has 3 heterocycles. The maximum Gasteiger partial charge on any atom is 0.501 e. The molecule has 0 aliphatic carbocycles. The predicted octanol–water partition coefficient (Wildman–Crippen LogP) is 5.13. The van der Waals surface area contributed by atoms with E-state index in [4.69, 9.17) is 0 Å². The fraction of sp³-hybridized carbons (Fsp3) is 0.261. The van der Waals surface area contributed by atoms with Gasteiger partial charge in [-0.15, -0.1) is 11.3 Å². The smallest absolute Gasteiger partial charge is 0.382 e. The summed E-state index contributed by atoms with van der Waals surface area (Å²) in [5.74, 6) is 0.603. The highest BCUT2D eigenvalue weighted by molar-refractivity contribution is 7.92. The zero-order valence-corrected chi connectivity index (χ0v) is 19.9. The minimum atomic E-state index is -5.38. The van der Waals surface area contributed by atoms with Crippen LogP contribution < -0.4 is 10.2 Å². The van der Waals surface area contributed by atoms with Gasteiger partial charge >= 0.3 is 5.51 Å². The van der Waals surface area contributed by atoms with Crippen LogP contribution >= 0.6 is 11.3 Å². The minimum absolute atomic E-state index is 0.0166. The van der Waals surface area contributed by atoms with Crippen LogP contribution in [0.4, 0.5) is 24.8 Å². The Kier molecular flexibility index (Phi) is 6.09. The molecule has 1 aliphatic heterocycles. The van der Waals surface area contributed by atoms with Gasteiger partial charge in [0, 0.05) is 42.8 Å². The van der Waals surface area contributed by atoms with Crippen LogP contribution in [0.15, 0.2) is 65.8 Å². The van der Waals surface area contributed by atoms with E-state index in [0.717, 1.165) is 32.9 Å². The molecule has 0 amide bonds. The Labute approximate surface area is 203 Å². The average Bonchev–Trinajstić information content (AvgIpc) is 3.29. The molecule has 182 valence electrons. The van der Waals surface area contributed by atoms with E-state index >= 15 is 0 Å². The molecule has 1 fully saturated rings. The first kappa shape index (κ1) is 23.5. The first-order chi connectivity index (χ1) is 16.7. The Balaban J connectivity index is 1.21. The zero-order chi connectivity index (χ0) is 24.6. The number of hydrogen-bond donors (Lipinski definition) is 1. The molecule has 1 N–H and O–H groups in total. The van der Waals surface area contributed by atoms with Crippen molar-refractivity contribution < 1.29 is 21.6 Å². The lowest BCUT2D eigenvalue weighted by atomic mass is 10.0. The molecule has 7 nitrogen and oxygen atoms in total.